The zero-order valence-corrected chi connectivity index (χ0v) is 34.1. The number of aromatic hydroxyl groups is 3. The summed E-state index contributed by atoms with van der Waals surface area (Å²) >= 11 is 0. The molecule has 7 rings (SSSR count). The minimum Gasteiger partial charge on any atom is -0.507 e. The first kappa shape index (κ1) is 43.1. The van der Waals surface area contributed by atoms with Crippen LogP contribution in [-0.2, 0) is 42.7 Å². The van der Waals surface area contributed by atoms with Gasteiger partial charge in [-0.15, -0.1) is 0 Å². The van der Waals surface area contributed by atoms with E-state index in [4.69, 9.17) is 33.2 Å². The lowest BCUT2D eigenvalue weighted by Crippen LogP contribution is -2.58. The highest BCUT2D eigenvalue weighted by Crippen LogP contribution is 2.54. The molecule has 17 nitrogen and oxygen atoms in total. The molecule has 0 saturated carbocycles. The molecule has 3 fully saturated rings. The van der Waals surface area contributed by atoms with Crippen molar-refractivity contribution in [2.75, 3.05) is 21.2 Å². The molecule has 322 valence electrons. The van der Waals surface area contributed by atoms with Crippen molar-refractivity contribution < 1.29 is 77.9 Å². The van der Waals surface area contributed by atoms with Gasteiger partial charge in [-0.1, -0.05) is 6.92 Å². The first-order valence-electron chi connectivity index (χ1n) is 20.0. The molecule has 0 unspecified atom stereocenters. The third-order valence-corrected chi connectivity index (χ3v) is 12.5. The molecular formula is C42H53NO16. The largest absolute Gasteiger partial charge is 0.507 e. The van der Waals surface area contributed by atoms with Crippen LogP contribution >= 0.6 is 0 Å². The number of benzene rings is 2. The number of ketones is 3. The van der Waals surface area contributed by atoms with Gasteiger partial charge in [-0.05, 0) is 65.0 Å². The molecule has 17 heteroatoms. The second-order valence-corrected chi connectivity index (χ2v) is 16.4. The highest BCUT2D eigenvalue weighted by molar-refractivity contribution is 6.31. The smallest absolute Gasteiger partial charge is 0.316 e. The number of hydrogen-bond acceptors (Lipinski definition) is 17. The Kier molecular flexibility index (Phi) is 12.0. The number of phenolic OH excluding ortho intramolecular Hbond substituents is 3. The molecule has 0 radical (unpaired) electrons. The number of aliphatic hydroxyl groups excluding tert-OH is 1. The maximum Gasteiger partial charge on any atom is 0.316 e. The zero-order chi connectivity index (χ0) is 42.8. The SMILES string of the molecule is CC[C@]1(O)C[C@H](O[C@@H]2C[C@H](N(C)C)[C@H](O[C@@H]3C[C@H](O)[C@H](O[C@@H]4CCC(=O)[C@H](C)O4)[C@H](C)O3)[C@@H](C)O2)c2c(cc3c(c2O)C(=O)c2c(O)ccc(O)c2C3=O)[C@H]1C(=O)OC. The first-order valence-corrected chi connectivity index (χ1v) is 20.0. The van der Waals surface area contributed by atoms with Crippen molar-refractivity contribution in [2.24, 2.45) is 0 Å². The molecule has 2 aliphatic carbocycles. The molecule has 2 aromatic carbocycles. The van der Waals surface area contributed by atoms with Crippen molar-refractivity contribution >= 4 is 23.3 Å². The molecular weight excluding hydrogens is 774 g/mol. The van der Waals surface area contributed by atoms with E-state index in [0.717, 1.165) is 19.2 Å². The fourth-order valence-electron chi connectivity index (χ4n) is 9.33. The summed E-state index contributed by atoms with van der Waals surface area (Å²) in [6.07, 6.45) is -6.99. The topological polar surface area (TPSA) is 237 Å². The van der Waals surface area contributed by atoms with Gasteiger partial charge in [0.05, 0.1) is 53.8 Å². The number of carbonyl (C=O) groups excluding carboxylic acids is 4. The Balaban J connectivity index is 1.14. The fraction of sp³-hybridized carbons (Fsp3) is 0.619. The third kappa shape index (κ3) is 7.65. The summed E-state index contributed by atoms with van der Waals surface area (Å²) in [6.45, 7) is 6.89. The predicted molar refractivity (Wildman–Crippen MR) is 203 cm³/mol. The fourth-order valence-corrected chi connectivity index (χ4v) is 9.33. The summed E-state index contributed by atoms with van der Waals surface area (Å²) in [5.74, 6) is -5.90. The van der Waals surface area contributed by atoms with E-state index in [1.54, 1.807) is 27.7 Å². The van der Waals surface area contributed by atoms with Crippen molar-refractivity contribution in [3.63, 3.8) is 0 Å². The number of esters is 1. The normalized spacial score (nSPS) is 35.9. The Hall–Kier alpha value is -4.04. The van der Waals surface area contributed by atoms with Gasteiger partial charge >= 0.3 is 5.97 Å². The van der Waals surface area contributed by atoms with Crippen LogP contribution in [0.1, 0.15) is 121 Å². The second kappa shape index (κ2) is 16.4. The molecule has 0 amide bonds. The van der Waals surface area contributed by atoms with E-state index in [0.29, 0.717) is 12.8 Å². The first-order chi connectivity index (χ1) is 27.9. The molecule has 0 aromatic heterocycles. The number of fused-ring (bicyclic) bond motifs is 3. The van der Waals surface area contributed by atoms with Crippen LogP contribution in [0.4, 0.5) is 0 Å². The Morgan fingerprint density at radius 1 is 0.864 bits per heavy atom. The number of Topliss-reactive ketones (excluding diaryl/α,β-unsaturated/α-hetero) is 1. The van der Waals surface area contributed by atoms with Gasteiger partial charge in [0.1, 0.15) is 41.5 Å². The molecule has 3 heterocycles. The molecule has 5 aliphatic rings. The van der Waals surface area contributed by atoms with Crippen molar-refractivity contribution in [1.82, 2.24) is 4.90 Å². The molecule has 0 spiro atoms. The number of methoxy groups -OCH3 is 1. The van der Waals surface area contributed by atoms with Crippen molar-refractivity contribution in [3.8, 4) is 17.2 Å². The maximum atomic E-state index is 14.0. The van der Waals surface area contributed by atoms with E-state index in [1.165, 1.54) is 6.07 Å². The van der Waals surface area contributed by atoms with Crippen molar-refractivity contribution in [2.45, 2.75) is 145 Å². The Labute approximate surface area is 341 Å². The van der Waals surface area contributed by atoms with E-state index < -0.39 is 125 Å². The van der Waals surface area contributed by atoms with Crippen molar-refractivity contribution in [3.05, 3.63) is 51.6 Å². The summed E-state index contributed by atoms with van der Waals surface area (Å²) in [7, 11) is 4.85. The van der Waals surface area contributed by atoms with Crippen LogP contribution in [0.25, 0.3) is 0 Å². The lowest BCUT2D eigenvalue weighted by molar-refractivity contribution is -0.324. The summed E-state index contributed by atoms with van der Waals surface area (Å²) < 4.78 is 42.6. The lowest BCUT2D eigenvalue weighted by atomic mass is 9.67. The maximum absolute atomic E-state index is 14.0. The second-order valence-electron chi connectivity index (χ2n) is 16.4. The van der Waals surface area contributed by atoms with Gasteiger partial charge in [0.2, 0.25) is 5.78 Å². The van der Waals surface area contributed by atoms with E-state index in [2.05, 4.69) is 0 Å². The predicted octanol–water partition coefficient (Wildman–Crippen LogP) is 2.86. The number of rotatable bonds is 9. The Morgan fingerprint density at radius 2 is 1.47 bits per heavy atom. The number of likely N-dealkylation sites (N-methyl/N-ethyl adjacent to an activating group) is 1. The van der Waals surface area contributed by atoms with Crippen LogP contribution in [0.2, 0.25) is 0 Å². The number of aliphatic hydroxyl groups is 2. The highest BCUT2D eigenvalue weighted by atomic mass is 16.7. The Bertz CT molecular complexity index is 1990. The van der Waals surface area contributed by atoms with Crippen LogP contribution in [0.15, 0.2) is 18.2 Å². The average Bonchev–Trinajstić information content (AvgIpc) is 3.17. The molecule has 13 atom stereocenters. The summed E-state index contributed by atoms with van der Waals surface area (Å²) in [5, 5.41) is 56.5. The number of carbonyl (C=O) groups is 4. The summed E-state index contributed by atoms with van der Waals surface area (Å²) in [5.41, 5.74) is -3.58. The number of nitrogens with zero attached hydrogens (tertiary/aromatic N) is 1. The van der Waals surface area contributed by atoms with E-state index in [-0.39, 0.29) is 54.2 Å². The lowest BCUT2D eigenvalue weighted by Gasteiger charge is -2.48. The average molecular weight is 828 g/mol. The molecule has 5 N–H and O–H groups in total. The summed E-state index contributed by atoms with van der Waals surface area (Å²) in [4.78, 5) is 55.1. The summed E-state index contributed by atoms with van der Waals surface area (Å²) in [6, 6.07) is 3.01. The van der Waals surface area contributed by atoms with Gasteiger partial charge in [0.25, 0.3) is 0 Å². The monoisotopic (exact) mass is 827 g/mol. The van der Waals surface area contributed by atoms with Crippen LogP contribution in [0.5, 0.6) is 17.2 Å². The Morgan fingerprint density at radius 3 is 2.07 bits per heavy atom. The van der Waals surface area contributed by atoms with Crippen LogP contribution in [0.3, 0.4) is 0 Å². The number of phenols is 3. The van der Waals surface area contributed by atoms with Gasteiger partial charge in [-0.3, -0.25) is 19.2 Å². The van der Waals surface area contributed by atoms with Crippen molar-refractivity contribution in [1.29, 1.82) is 0 Å². The molecule has 3 saturated heterocycles. The number of ether oxygens (including phenoxy) is 7. The van der Waals surface area contributed by atoms with Gasteiger partial charge in [0, 0.05) is 49.3 Å². The number of hydrogen-bond donors (Lipinski definition) is 5. The van der Waals surface area contributed by atoms with Crippen LogP contribution < -0.4 is 0 Å². The molecule has 0 bridgehead atoms. The zero-order valence-electron chi connectivity index (χ0n) is 34.1. The van der Waals surface area contributed by atoms with Gasteiger partial charge in [0.15, 0.2) is 30.4 Å². The van der Waals surface area contributed by atoms with E-state index in [1.807, 2.05) is 19.0 Å². The van der Waals surface area contributed by atoms with E-state index >= 15 is 0 Å². The minimum absolute atomic E-state index is 0.00116. The van der Waals surface area contributed by atoms with Gasteiger partial charge < -0.3 is 63.6 Å². The van der Waals surface area contributed by atoms with Crippen LogP contribution in [0, 0.1) is 0 Å². The molecule has 59 heavy (non-hydrogen) atoms. The van der Waals surface area contributed by atoms with Gasteiger partial charge in [-0.25, -0.2) is 0 Å². The third-order valence-electron chi connectivity index (χ3n) is 12.5. The molecule has 3 aliphatic heterocycles. The minimum atomic E-state index is -1.81. The highest BCUT2D eigenvalue weighted by Gasteiger charge is 2.54. The van der Waals surface area contributed by atoms with E-state index in [9.17, 15) is 44.7 Å². The van der Waals surface area contributed by atoms with Crippen LogP contribution in [-0.4, -0.2) is 142 Å². The molecule has 2 aromatic rings. The quantitative estimate of drug-likeness (QED) is 0.154. The standard InChI is InChI=1S/C42H53NO16/c1-8-42(52)16-27(31-20(35(42)41(51)53-7)13-21-32(37(31)49)38(50)34-25(46)10-9-24(45)33(34)36(21)48)57-29-14-22(43(5)6)39(18(3)55-29)59-30-15-26(47)40(19(4)56-30)58-28-12-11-23(44)17(2)54-28/h9-10,13,17-19,22,26-30,35,39-40,45-47,49,52H,8,11-12,14-16H2,1-7H3/t17-,18+,19-,22-,26-,27-,28+,29+,30+,35-,39+,40+,42-/m0/s1. The van der Waals surface area contributed by atoms with Gasteiger partial charge in [-0.2, -0.15) is 0 Å².